The molecule has 0 saturated carbocycles. The summed E-state index contributed by atoms with van der Waals surface area (Å²) in [6.45, 7) is 4.97. The molecule has 0 saturated heterocycles. The van der Waals surface area contributed by atoms with Crippen LogP contribution in [0.3, 0.4) is 0 Å². The van der Waals surface area contributed by atoms with Crippen molar-refractivity contribution in [1.82, 2.24) is 24.7 Å². The minimum Gasteiger partial charge on any atom is -0.362 e. The maximum Gasteiger partial charge on any atom is 0.154 e. The van der Waals surface area contributed by atoms with Crippen molar-refractivity contribution in [2.45, 2.75) is 26.9 Å². The topological polar surface area (TPSA) is 81.7 Å². The summed E-state index contributed by atoms with van der Waals surface area (Å²) < 4.78 is 7.22. The minimum atomic E-state index is 0.539. The van der Waals surface area contributed by atoms with Crippen LogP contribution in [-0.2, 0) is 13.1 Å². The number of aromatic nitrogens is 5. The number of pyridine rings is 1. The molecular formula is C18H18N6O. The van der Waals surface area contributed by atoms with Gasteiger partial charge in [0, 0.05) is 18.5 Å². The summed E-state index contributed by atoms with van der Waals surface area (Å²) in [5, 5.41) is 7.37. The van der Waals surface area contributed by atoms with Crippen molar-refractivity contribution in [1.29, 1.82) is 0 Å². The van der Waals surface area contributed by atoms with E-state index in [0.29, 0.717) is 13.1 Å². The summed E-state index contributed by atoms with van der Waals surface area (Å²) in [5.74, 6) is 2.30. The third kappa shape index (κ3) is 3.21. The second-order valence-electron chi connectivity index (χ2n) is 5.90. The fourth-order valence-corrected chi connectivity index (χ4v) is 2.82. The predicted octanol–water partition coefficient (Wildman–Crippen LogP) is 3.09. The largest absolute Gasteiger partial charge is 0.362 e. The molecule has 0 unspecified atom stereocenters. The molecule has 126 valence electrons. The van der Waals surface area contributed by atoms with Crippen molar-refractivity contribution in [2.75, 3.05) is 5.32 Å². The molecular weight excluding hydrogens is 316 g/mol. The molecule has 0 amide bonds. The zero-order valence-corrected chi connectivity index (χ0v) is 14.1. The van der Waals surface area contributed by atoms with Gasteiger partial charge >= 0.3 is 0 Å². The Morgan fingerprint density at radius 2 is 2.04 bits per heavy atom. The second kappa shape index (κ2) is 6.35. The third-order valence-electron chi connectivity index (χ3n) is 3.89. The molecule has 0 spiro atoms. The smallest absolute Gasteiger partial charge is 0.154 e. The van der Waals surface area contributed by atoms with Crippen LogP contribution in [-0.4, -0.2) is 24.7 Å². The molecule has 4 aromatic heterocycles. The molecule has 0 fully saturated rings. The van der Waals surface area contributed by atoms with Gasteiger partial charge in [0.15, 0.2) is 5.82 Å². The molecule has 7 nitrogen and oxygen atoms in total. The number of nitrogens with zero attached hydrogens (tertiary/aromatic N) is 5. The van der Waals surface area contributed by atoms with Gasteiger partial charge < -0.3 is 14.4 Å². The zero-order valence-electron chi connectivity index (χ0n) is 14.1. The first-order valence-electron chi connectivity index (χ1n) is 8.08. The van der Waals surface area contributed by atoms with Crippen LogP contribution in [0.25, 0.3) is 11.0 Å². The molecule has 0 bridgehead atoms. The average Bonchev–Trinajstić information content (AvgIpc) is 3.20. The Bertz CT molecular complexity index is 1010. The van der Waals surface area contributed by atoms with Crippen molar-refractivity contribution < 1.29 is 4.52 Å². The van der Waals surface area contributed by atoms with Crippen molar-refractivity contribution in [3.8, 4) is 0 Å². The van der Waals surface area contributed by atoms with Gasteiger partial charge in [-0.05, 0) is 32.0 Å². The fourth-order valence-electron chi connectivity index (χ4n) is 2.82. The Morgan fingerprint density at radius 3 is 2.80 bits per heavy atom. The lowest BCUT2D eigenvalue weighted by atomic mass is 10.3. The molecule has 1 N–H and O–H groups in total. The van der Waals surface area contributed by atoms with Crippen LogP contribution >= 0.6 is 0 Å². The van der Waals surface area contributed by atoms with E-state index in [9.17, 15) is 0 Å². The van der Waals surface area contributed by atoms with Crippen LogP contribution in [0.5, 0.6) is 0 Å². The van der Waals surface area contributed by atoms with Crippen molar-refractivity contribution >= 4 is 16.9 Å². The molecule has 4 rings (SSSR count). The number of nitrogens with one attached hydrogen (secondary N) is 1. The monoisotopic (exact) mass is 334 g/mol. The van der Waals surface area contributed by atoms with Gasteiger partial charge in [0.25, 0.3) is 0 Å². The molecule has 4 aromatic rings. The van der Waals surface area contributed by atoms with Crippen LogP contribution in [0, 0.1) is 13.8 Å². The summed E-state index contributed by atoms with van der Waals surface area (Å²) in [6, 6.07) is 9.81. The SMILES string of the molecule is Cc1nc(NCc2cc(C)on2)c2c(ccn2Cc2ccccn2)n1. The first-order chi connectivity index (χ1) is 12.2. The summed E-state index contributed by atoms with van der Waals surface area (Å²) >= 11 is 0. The van der Waals surface area contributed by atoms with E-state index in [0.717, 1.165) is 39.8 Å². The van der Waals surface area contributed by atoms with E-state index in [1.54, 1.807) is 6.20 Å². The van der Waals surface area contributed by atoms with E-state index in [-0.39, 0.29) is 0 Å². The Morgan fingerprint density at radius 1 is 1.12 bits per heavy atom. The standard InChI is InChI=1S/C18H18N6O/c1-12-9-15(23-25-12)10-20-18-17-16(21-13(2)22-18)6-8-24(17)11-14-5-3-4-7-19-14/h3-9H,10-11H2,1-2H3,(H,20,21,22). The van der Waals surface area contributed by atoms with Crippen molar-refractivity contribution in [3.63, 3.8) is 0 Å². The highest BCUT2D eigenvalue weighted by Crippen LogP contribution is 2.23. The number of aryl methyl sites for hydroxylation is 2. The molecule has 0 atom stereocenters. The Kier molecular flexibility index (Phi) is 3.89. The summed E-state index contributed by atoms with van der Waals surface area (Å²) in [4.78, 5) is 13.5. The molecule has 0 radical (unpaired) electrons. The van der Waals surface area contributed by atoms with Gasteiger partial charge in [-0.15, -0.1) is 0 Å². The fraction of sp³-hybridized carbons (Fsp3) is 0.222. The Balaban J connectivity index is 1.68. The van der Waals surface area contributed by atoms with Crippen molar-refractivity contribution in [3.05, 3.63) is 65.7 Å². The van der Waals surface area contributed by atoms with Gasteiger partial charge in [-0.3, -0.25) is 4.98 Å². The van der Waals surface area contributed by atoms with E-state index in [1.165, 1.54) is 0 Å². The highest BCUT2D eigenvalue weighted by molar-refractivity contribution is 5.86. The van der Waals surface area contributed by atoms with Gasteiger partial charge in [-0.25, -0.2) is 9.97 Å². The van der Waals surface area contributed by atoms with E-state index in [1.807, 2.05) is 50.4 Å². The number of fused-ring (bicyclic) bond motifs is 1. The Hall–Kier alpha value is -3.22. The molecule has 0 aromatic carbocycles. The maximum atomic E-state index is 5.12. The lowest BCUT2D eigenvalue weighted by Crippen LogP contribution is -2.08. The number of rotatable bonds is 5. The lowest BCUT2D eigenvalue weighted by molar-refractivity contribution is 0.391. The number of anilines is 1. The third-order valence-corrected chi connectivity index (χ3v) is 3.89. The average molecular weight is 334 g/mol. The quantitative estimate of drug-likeness (QED) is 0.604. The van der Waals surface area contributed by atoms with E-state index < -0.39 is 0 Å². The number of hydrogen-bond acceptors (Lipinski definition) is 6. The van der Waals surface area contributed by atoms with E-state index in [2.05, 4.69) is 30.0 Å². The lowest BCUT2D eigenvalue weighted by Gasteiger charge is -2.10. The molecule has 0 aliphatic carbocycles. The highest BCUT2D eigenvalue weighted by atomic mass is 16.5. The summed E-state index contributed by atoms with van der Waals surface area (Å²) in [6.07, 6.45) is 3.81. The number of hydrogen-bond donors (Lipinski definition) is 1. The van der Waals surface area contributed by atoms with Crippen LogP contribution in [0.2, 0.25) is 0 Å². The van der Waals surface area contributed by atoms with Crippen LogP contribution < -0.4 is 5.32 Å². The molecule has 7 heteroatoms. The molecule has 4 heterocycles. The molecule has 0 aliphatic rings. The van der Waals surface area contributed by atoms with E-state index in [4.69, 9.17) is 4.52 Å². The van der Waals surface area contributed by atoms with Crippen molar-refractivity contribution in [2.24, 2.45) is 0 Å². The van der Waals surface area contributed by atoms with Crippen LogP contribution in [0.15, 0.2) is 47.2 Å². The predicted molar refractivity (Wildman–Crippen MR) is 94.2 cm³/mol. The molecule has 0 aliphatic heterocycles. The van der Waals surface area contributed by atoms with Gasteiger partial charge in [0.2, 0.25) is 0 Å². The van der Waals surface area contributed by atoms with Crippen LogP contribution in [0.1, 0.15) is 23.0 Å². The van der Waals surface area contributed by atoms with Gasteiger partial charge in [-0.2, -0.15) is 0 Å². The maximum absolute atomic E-state index is 5.12. The summed E-state index contributed by atoms with van der Waals surface area (Å²) in [7, 11) is 0. The zero-order chi connectivity index (χ0) is 17.2. The van der Waals surface area contributed by atoms with Gasteiger partial charge in [0.05, 0.1) is 24.3 Å². The van der Waals surface area contributed by atoms with E-state index >= 15 is 0 Å². The minimum absolute atomic E-state index is 0.539. The first kappa shape index (κ1) is 15.3. The molecule has 25 heavy (non-hydrogen) atoms. The highest BCUT2D eigenvalue weighted by Gasteiger charge is 2.12. The summed E-state index contributed by atoms with van der Waals surface area (Å²) in [5.41, 5.74) is 3.68. The normalized spacial score (nSPS) is 11.1. The second-order valence-corrected chi connectivity index (χ2v) is 5.90. The van der Waals surface area contributed by atoms with Gasteiger partial charge in [-0.1, -0.05) is 11.2 Å². The van der Waals surface area contributed by atoms with Gasteiger partial charge in [0.1, 0.15) is 22.8 Å². The Labute approximate surface area is 144 Å². The van der Waals surface area contributed by atoms with Crippen LogP contribution in [0.4, 0.5) is 5.82 Å². The first-order valence-corrected chi connectivity index (χ1v) is 8.08.